The van der Waals surface area contributed by atoms with E-state index in [0.29, 0.717) is 6.04 Å². The van der Waals surface area contributed by atoms with Crippen LogP contribution in [0.5, 0.6) is 0 Å². The first-order valence-corrected chi connectivity index (χ1v) is 6.02. The zero-order valence-electron chi connectivity index (χ0n) is 9.79. The van der Waals surface area contributed by atoms with Crippen molar-refractivity contribution in [1.82, 2.24) is 5.32 Å². The summed E-state index contributed by atoms with van der Waals surface area (Å²) in [6, 6.07) is 0.669. The molecular weight excluding hydrogens is 174 g/mol. The van der Waals surface area contributed by atoms with Gasteiger partial charge in [0.2, 0.25) is 0 Å². The average molecular weight is 199 g/mol. The standard InChI is InChI=1S/C12H25NO/c1-9-5-4-6-10(2)12(9)13-8-7-11(3)14/h9-14H,4-8H2,1-3H3/t9-,10+,11-,12?/m0/s1. The van der Waals surface area contributed by atoms with Crippen molar-refractivity contribution in [3.8, 4) is 0 Å². The largest absolute Gasteiger partial charge is 0.393 e. The Labute approximate surface area is 88.1 Å². The van der Waals surface area contributed by atoms with Crippen molar-refractivity contribution in [2.24, 2.45) is 11.8 Å². The molecule has 0 aromatic rings. The van der Waals surface area contributed by atoms with E-state index in [-0.39, 0.29) is 6.10 Å². The summed E-state index contributed by atoms with van der Waals surface area (Å²) >= 11 is 0. The third kappa shape index (κ3) is 3.58. The number of rotatable bonds is 4. The Morgan fingerprint density at radius 3 is 2.36 bits per heavy atom. The molecular formula is C12H25NO. The molecule has 2 heteroatoms. The maximum Gasteiger partial charge on any atom is 0.0524 e. The molecule has 2 N–H and O–H groups in total. The molecule has 0 radical (unpaired) electrons. The van der Waals surface area contributed by atoms with E-state index < -0.39 is 0 Å². The molecule has 1 rings (SSSR count). The van der Waals surface area contributed by atoms with Gasteiger partial charge >= 0.3 is 0 Å². The number of hydrogen-bond acceptors (Lipinski definition) is 2. The summed E-state index contributed by atoms with van der Waals surface area (Å²) in [4.78, 5) is 0. The predicted octanol–water partition coefficient (Wildman–Crippen LogP) is 2.17. The lowest BCUT2D eigenvalue weighted by Crippen LogP contribution is -2.43. The second-order valence-corrected chi connectivity index (χ2v) is 5.00. The molecule has 0 aromatic heterocycles. The van der Waals surface area contributed by atoms with Crippen LogP contribution in [0.1, 0.15) is 46.5 Å². The van der Waals surface area contributed by atoms with Crippen LogP contribution in [0.4, 0.5) is 0 Å². The molecule has 2 nitrogen and oxygen atoms in total. The first kappa shape index (κ1) is 12.0. The lowest BCUT2D eigenvalue weighted by atomic mass is 9.79. The van der Waals surface area contributed by atoms with E-state index in [0.717, 1.165) is 24.8 Å². The molecule has 0 aromatic carbocycles. The first-order valence-electron chi connectivity index (χ1n) is 6.02. The molecule has 0 bridgehead atoms. The van der Waals surface area contributed by atoms with Crippen LogP contribution < -0.4 is 5.32 Å². The van der Waals surface area contributed by atoms with Crippen LogP contribution in [0, 0.1) is 11.8 Å². The van der Waals surface area contributed by atoms with Crippen LogP contribution in [0.25, 0.3) is 0 Å². The SMILES string of the molecule is C[C@H](O)CCNC1[C@H](C)CCC[C@@H]1C. The molecule has 0 saturated heterocycles. The summed E-state index contributed by atoms with van der Waals surface area (Å²) in [7, 11) is 0. The Hall–Kier alpha value is -0.0800. The van der Waals surface area contributed by atoms with Gasteiger partial charge in [0.05, 0.1) is 6.10 Å². The Kier molecular flexibility index (Phi) is 4.90. The molecule has 0 spiro atoms. The average Bonchev–Trinajstić information content (AvgIpc) is 2.09. The summed E-state index contributed by atoms with van der Waals surface area (Å²) in [6.07, 6.45) is 4.80. The second-order valence-electron chi connectivity index (χ2n) is 5.00. The minimum absolute atomic E-state index is 0.170. The number of aliphatic hydroxyl groups is 1. The molecule has 14 heavy (non-hydrogen) atoms. The smallest absolute Gasteiger partial charge is 0.0524 e. The molecule has 4 atom stereocenters. The van der Waals surface area contributed by atoms with Gasteiger partial charge in [0, 0.05) is 6.04 Å². The van der Waals surface area contributed by atoms with Gasteiger partial charge in [-0.1, -0.05) is 20.3 Å². The fourth-order valence-corrected chi connectivity index (χ4v) is 2.54. The van der Waals surface area contributed by atoms with Crippen LogP contribution >= 0.6 is 0 Å². The molecule has 0 aliphatic heterocycles. The van der Waals surface area contributed by atoms with Crippen molar-refractivity contribution in [2.75, 3.05) is 6.54 Å². The highest BCUT2D eigenvalue weighted by atomic mass is 16.3. The first-order chi connectivity index (χ1) is 6.61. The summed E-state index contributed by atoms with van der Waals surface area (Å²) in [5.41, 5.74) is 0. The van der Waals surface area contributed by atoms with Crippen LogP contribution in [-0.2, 0) is 0 Å². The maximum absolute atomic E-state index is 9.17. The number of aliphatic hydroxyl groups excluding tert-OH is 1. The van der Waals surface area contributed by atoms with Crippen LogP contribution in [0.3, 0.4) is 0 Å². The van der Waals surface area contributed by atoms with Gasteiger partial charge in [0.15, 0.2) is 0 Å². The third-order valence-corrected chi connectivity index (χ3v) is 3.49. The highest BCUT2D eigenvalue weighted by Crippen LogP contribution is 2.28. The van der Waals surface area contributed by atoms with E-state index in [1.807, 2.05) is 6.92 Å². The van der Waals surface area contributed by atoms with Crippen molar-refractivity contribution >= 4 is 0 Å². The van der Waals surface area contributed by atoms with Crippen molar-refractivity contribution in [1.29, 1.82) is 0 Å². The van der Waals surface area contributed by atoms with Crippen molar-refractivity contribution in [2.45, 2.75) is 58.6 Å². The van der Waals surface area contributed by atoms with E-state index in [4.69, 9.17) is 0 Å². The highest BCUT2D eigenvalue weighted by Gasteiger charge is 2.26. The van der Waals surface area contributed by atoms with Gasteiger partial charge in [-0.3, -0.25) is 0 Å². The maximum atomic E-state index is 9.17. The summed E-state index contributed by atoms with van der Waals surface area (Å²) < 4.78 is 0. The zero-order chi connectivity index (χ0) is 10.6. The normalized spacial score (nSPS) is 35.6. The van der Waals surface area contributed by atoms with Crippen LogP contribution in [0.15, 0.2) is 0 Å². The molecule has 0 amide bonds. The molecule has 1 unspecified atom stereocenters. The van der Waals surface area contributed by atoms with Gasteiger partial charge in [-0.2, -0.15) is 0 Å². The summed E-state index contributed by atoms with van der Waals surface area (Å²) in [5.74, 6) is 1.60. The summed E-state index contributed by atoms with van der Waals surface area (Å²) in [6.45, 7) is 7.50. The van der Waals surface area contributed by atoms with Gasteiger partial charge in [-0.05, 0) is 44.6 Å². The van der Waals surface area contributed by atoms with E-state index in [1.165, 1.54) is 19.3 Å². The van der Waals surface area contributed by atoms with Crippen molar-refractivity contribution in [3.63, 3.8) is 0 Å². The van der Waals surface area contributed by atoms with Gasteiger partial charge < -0.3 is 10.4 Å². The number of hydrogen-bond donors (Lipinski definition) is 2. The molecule has 0 heterocycles. The molecule has 1 fully saturated rings. The Morgan fingerprint density at radius 2 is 1.86 bits per heavy atom. The van der Waals surface area contributed by atoms with Crippen LogP contribution in [-0.4, -0.2) is 23.8 Å². The minimum Gasteiger partial charge on any atom is -0.393 e. The molecule has 1 aliphatic rings. The lowest BCUT2D eigenvalue weighted by molar-refractivity contribution is 0.166. The molecule has 1 saturated carbocycles. The highest BCUT2D eigenvalue weighted by molar-refractivity contribution is 4.83. The Morgan fingerprint density at radius 1 is 1.29 bits per heavy atom. The van der Waals surface area contributed by atoms with Gasteiger partial charge in [-0.15, -0.1) is 0 Å². The quantitative estimate of drug-likeness (QED) is 0.727. The van der Waals surface area contributed by atoms with E-state index in [1.54, 1.807) is 0 Å². The van der Waals surface area contributed by atoms with Crippen molar-refractivity contribution < 1.29 is 5.11 Å². The third-order valence-electron chi connectivity index (χ3n) is 3.49. The number of nitrogens with one attached hydrogen (secondary N) is 1. The second kappa shape index (κ2) is 5.72. The zero-order valence-corrected chi connectivity index (χ0v) is 9.79. The Balaban J connectivity index is 2.26. The van der Waals surface area contributed by atoms with Crippen LogP contribution in [0.2, 0.25) is 0 Å². The van der Waals surface area contributed by atoms with Crippen molar-refractivity contribution in [3.05, 3.63) is 0 Å². The van der Waals surface area contributed by atoms with Gasteiger partial charge in [-0.25, -0.2) is 0 Å². The monoisotopic (exact) mass is 199 g/mol. The lowest BCUT2D eigenvalue weighted by Gasteiger charge is -2.35. The Bertz CT molecular complexity index is 148. The van der Waals surface area contributed by atoms with E-state index >= 15 is 0 Å². The molecule has 84 valence electrons. The minimum atomic E-state index is -0.170. The van der Waals surface area contributed by atoms with Gasteiger partial charge in [0.25, 0.3) is 0 Å². The molecule has 1 aliphatic carbocycles. The van der Waals surface area contributed by atoms with E-state index in [2.05, 4.69) is 19.2 Å². The predicted molar refractivity (Wildman–Crippen MR) is 60.3 cm³/mol. The van der Waals surface area contributed by atoms with E-state index in [9.17, 15) is 5.11 Å². The van der Waals surface area contributed by atoms with Gasteiger partial charge in [0.1, 0.15) is 0 Å². The topological polar surface area (TPSA) is 32.3 Å². The fourth-order valence-electron chi connectivity index (χ4n) is 2.54. The summed E-state index contributed by atoms with van der Waals surface area (Å²) in [5, 5.41) is 12.8. The fraction of sp³-hybridized carbons (Fsp3) is 1.00.